The lowest BCUT2D eigenvalue weighted by molar-refractivity contribution is 0.521. The van der Waals surface area contributed by atoms with E-state index in [0.29, 0.717) is 6.04 Å². The molecule has 1 aliphatic heterocycles. The maximum absolute atomic E-state index is 13.0. The number of benzene rings is 1. The van der Waals surface area contributed by atoms with Crippen molar-refractivity contribution in [2.75, 3.05) is 23.3 Å². The molecule has 1 N–H and O–H groups in total. The van der Waals surface area contributed by atoms with Crippen molar-refractivity contribution < 1.29 is 4.39 Å². The van der Waals surface area contributed by atoms with Crippen LogP contribution in [0.5, 0.6) is 0 Å². The van der Waals surface area contributed by atoms with Crippen LogP contribution < -0.4 is 10.2 Å². The zero-order chi connectivity index (χ0) is 18.6. The molecule has 1 saturated heterocycles. The first-order valence-corrected chi connectivity index (χ1v) is 9.22. The molecule has 4 rings (SSSR count). The van der Waals surface area contributed by atoms with E-state index in [4.69, 9.17) is 0 Å². The molecule has 0 radical (unpaired) electrons. The highest BCUT2D eigenvalue weighted by atomic mass is 19.1. The number of rotatable bonds is 4. The second kappa shape index (κ2) is 7.70. The normalized spacial score (nSPS) is 15.0. The molecule has 5 nitrogen and oxygen atoms in total. The van der Waals surface area contributed by atoms with Gasteiger partial charge in [-0.25, -0.2) is 9.37 Å². The Kier molecular flexibility index (Phi) is 4.96. The van der Waals surface area contributed by atoms with Crippen LogP contribution in [0.2, 0.25) is 0 Å². The first kappa shape index (κ1) is 17.4. The molecule has 3 heterocycles. The molecule has 2 aromatic heterocycles. The third-order valence-electron chi connectivity index (χ3n) is 4.85. The topological polar surface area (TPSA) is 53.9 Å². The summed E-state index contributed by atoms with van der Waals surface area (Å²) in [5.41, 5.74) is 2.64. The van der Waals surface area contributed by atoms with Gasteiger partial charge in [-0.3, -0.25) is 0 Å². The third kappa shape index (κ3) is 4.22. The van der Waals surface area contributed by atoms with Crippen molar-refractivity contribution in [3.8, 4) is 11.3 Å². The first-order chi connectivity index (χ1) is 13.2. The Hall–Kier alpha value is -3.02. The van der Waals surface area contributed by atoms with Gasteiger partial charge in [-0.05, 0) is 68.3 Å². The van der Waals surface area contributed by atoms with Gasteiger partial charge in [0.05, 0.1) is 5.69 Å². The zero-order valence-electron chi connectivity index (χ0n) is 15.3. The molecule has 0 amide bonds. The number of aromatic nitrogens is 3. The summed E-state index contributed by atoms with van der Waals surface area (Å²) in [6, 6.07) is 16.7. The van der Waals surface area contributed by atoms with Crippen LogP contribution in [0.15, 0.2) is 54.6 Å². The van der Waals surface area contributed by atoms with Gasteiger partial charge in [0.25, 0.3) is 0 Å². The van der Waals surface area contributed by atoms with Gasteiger partial charge >= 0.3 is 0 Å². The number of aryl methyl sites for hydroxylation is 1. The Morgan fingerprint density at radius 3 is 2.41 bits per heavy atom. The molecule has 3 aromatic rings. The molecule has 0 saturated carbocycles. The lowest BCUT2D eigenvalue weighted by Crippen LogP contribution is -2.39. The number of halogens is 1. The molecule has 1 aromatic carbocycles. The molecule has 138 valence electrons. The van der Waals surface area contributed by atoms with Gasteiger partial charge in [0.1, 0.15) is 11.6 Å². The highest BCUT2D eigenvalue weighted by molar-refractivity contribution is 5.59. The van der Waals surface area contributed by atoms with Gasteiger partial charge in [-0.15, -0.1) is 10.2 Å². The molecule has 0 aliphatic carbocycles. The Balaban J connectivity index is 1.36. The van der Waals surface area contributed by atoms with Crippen molar-refractivity contribution in [3.05, 3.63) is 66.1 Å². The molecule has 0 atom stereocenters. The standard InChI is InChI=1S/C21H22FN5/c1-15-3-2-4-20(23-15)24-18-11-13-27(14-12-18)21-10-9-19(25-26-21)16-5-7-17(22)8-6-16/h2-10,18H,11-14H2,1H3,(H,23,24). The van der Waals surface area contributed by atoms with Gasteiger partial charge in [-0.1, -0.05) is 6.07 Å². The van der Waals surface area contributed by atoms with Gasteiger partial charge in [-0.2, -0.15) is 0 Å². The van der Waals surface area contributed by atoms with E-state index >= 15 is 0 Å². The average Bonchev–Trinajstić information content (AvgIpc) is 2.69. The summed E-state index contributed by atoms with van der Waals surface area (Å²) < 4.78 is 13.0. The Bertz CT molecular complexity index is 887. The maximum Gasteiger partial charge on any atom is 0.151 e. The highest BCUT2D eigenvalue weighted by Crippen LogP contribution is 2.22. The predicted molar refractivity (Wildman–Crippen MR) is 105 cm³/mol. The Labute approximate surface area is 158 Å². The number of anilines is 2. The number of hydrogen-bond acceptors (Lipinski definition) is 5. The van der Waals surface area contributed by atoms with E-state index < -0.39 is 0 Å². The maximum atomic E-state index is 13.0. The monoisotopic (exact) mass is 363 g/mol. The van der Waals surface area contributed by atoms with Crippen LogP contribution in [0, 0.1) is 12.7 Å². The molecule has 0 bridgehead atoms. The minimum Gasteiger partial charge on any atom is -0.367 e. The summed E-state index contributed by atoms with van der Waals surface area (Å²) >= 11 is 0. The van der Waals surface area contributed by atoms with E-state index in [-0.39, 0.29) is 5.82 Å². The summed E-state index contributed by atoms with van der Waals surface area (Å²) in [6.07, 6.45) is 2.05. The zero-order valence-corrected chi connectivity index (χ0v) is 15.3. The van der Waals surface area contributed by atoms with E-state index in [1.807, 2.05) is 37.3 Å². The van der Waals surface area contributed by atoms with E-state index in [9.17, 15) is 4.39 Å². The number of nitrogens with zero attached hydrogens (tertiary/aromatic N) is 4. The largest absolute Gasteiger partial charge is 0.367 e. The summed E-state index contributed by atoms with van der Waals surface area (Å²) in [7, 11) is 0. The predicted octanol–water partition coefficient (Wildman–Crippen LogP) is 4.07. The van der Waals surface area contributed by atoms with Crippen LogP contribution in [0.1, 0.15) is 18.5 Å². The molecule has 0 spiro atoms. The summed E-state index contributed by atoms with van der Waals surface area (Å²) in [4.78, 5) is 6.77. The number of pyridine rings is 1. The molecule has 27 heavy (non-hydrogen) atoms. The SMILES string of the molecule is Cc1cccc(NC2CCN(c3ccc(-c4ccc(F)cc4)nn3)CC2)n1. The fourth-order valence-corrected chi connectivity index (χ4v) is 3.35. The van der Waals surface area contributed by atoms with Crippen molar-refractivity contribution in [2.45, 2.75) is 25.8 Å². The van der Waals surface area contributed by atoms with Gasteiger partial charge in [0.15, 0.2) is 5.82 Å². The van der Waals surface area contributed by atoms with E-state index in [0.717, 1.165) is 54.5 Å². The summed E-state index contributed by atoms with van der Waals surface area (Å²) in [6.45, 7) is 3.85. The minimum absolute atomic E-state index is 0.249. The van der Waals surface area contributed by atoms with Gasteiger partial charge in [0.2, 0.25) is 0 Å². The summed E-state index contributed by atoms with van der Waals surface area (Å²) in [5, 5.41) is 12.2. The third-order valence-corrected chi connectivity index (χ3v) is 4.85. The summed E-state index contributed by atoms with van der Waals surface area (Å²) in [5.74, 6) is 1.57. The number of hydrogen-bond donors (Lipinski definition) is 1. The molecular formula is C21H22FN5. The van der Waals surface area contributed by atoms with Crippen molar-refractivity contribution in [1.29, 1.82) is 0 Å². The van der Waals surface area contributed by atoms with Crippen molar-refractivity contribution in [2.24, 2.45) is 0 Å². The molecule has 1 fully saturated rings. The van der Waals surface area contributed by atoms with Crippen LogP contribution in [-0.2, 0) is 0 Å². The second-order valence-electron chi connectivity index (χ2n) is 6.85. The fraction of sp³-hybridized carbons (Fsp3) is 0.286. The van der Waals surface area contributed by atoms with Crippen LogP contribution in [0.3, 0.4) is 0 Å². The molecule has 6 heteroatoms. The van der Waals surface area contributed by atoms with Crippen LogP contribution >= 0.6 is 0 Å². The molecule has 0 unspecified atom stereocenters. The fourth-order valence-electron chi connectivity index (χ4n) is 3.35. The van der Waals surface area contributed by atoms with E-state index in [2.05, 4.69) is 25.4 Å². The van der Waals surface area contributed by atoms with Crippen LogP contribution in [0.25, 0.3) is 11.3 Å². The number of nitrogens with one attached hydrogen (secondary N) is 1. The molecular weight excluding hydrogens is 341 g/mol. The van der Waals surface area contributed by atoms with Crippen molar-refractivity contribution >= 4 is 11.6 Å². The lowest BCUT2D eigenvalue weighted by atomic mass is 10.0. The van der Waals surface area contributed by atoms with E-state index in [1.165, 1.54) is 12.1 Å². The lowest BCUT2D eigenvalue weighted by Gasteiger charge is -2.33. The van der Waals surface area contributed by atoms with Gasteiger partial charge < -0.3 is 10.2 Å². The van der Waals surface area contributed by atoms with E-state index in [1.54, 1.807) is 12.1 Å². The van der Waals surface area contributed by atoms with Gasteiger partial charge in [0, 0.05) is 30.4 Å². The Morgan fingerprint density at radius 2 is 1.74 bits per heavy atom. The van der Waals surface area contributed by atoms with Crippen LogP contribution in [-0.4, -0.2) is 34.3 Å². The Morgan fingerprint density at radius 1 is 0.963 bits per heavy atom. The quantitative estimate of drug-likeness (QED) is 0.757. The first-order valence-electron chi connectivity index (χ1n) is 9.22. The minimum atomic E-state index is -0.249. The highest BCUT2D eigenvalue weighted by Gasteiger charge is 2.20. The smallest absolute Gasteiger partial charge is 0.151 e. The van der Waals surface area contributed by atoms with Crippen molar-refractivity contribution in [1.82, 2.24) is 15.2 Å². The number of piperidine rings is 1. The molecule has 1 aliphatic rings. The average molecular weight is 363 g/mol. The van der Waals surface area contributed by atoms with Crippen molar-refractivity contribution in [3.63, 3.8) is 0 Å². The second-order valence-corrected chi connectivity index (χ2v) is 6.85. The van der Waals surface area contributed by atoms with Crippen LogP contribution in [0.4, 0.5) is 16.0 Å².